The number of hydrogen-bond donors (Lipinski definition) is 1. The number of rotatable bonds is 8. The van der Waals surface area contributed by atoms with Gasteiger partial charge in [-0.05, 0) is 26.8 Å². The van der Waals surface area contributed by atoms with Gasteiger partial charge < -0.3 is 10.1 Å². The van der Waals surface area contributed by atoms with Crippen LogP contribution in [0.2, 0.25) is 0 Å². The highest BCUT2D eigenvalue weighted by molar-refractivity contribution is 8.00. The number of Topliss-reactive ketones (excluding diaryl/α,β-unsaturated/α-hetero) is 1. The van der Waals surface area contributed by atoms with Crippen molar-refractivity contribution in [2.45, 2.75) is 51.2 Å². The van der Waals surface area contributed by atoms with Gasteiger partial charge in [0.1, 0.15) is 5.78 Å². The third-order valence-corrected chi connectivity index (χ3v) is 3.58. The van der Waals surface area contributed by atoms with Gasteiger partial charge >= 0.3 is 0 Å². The van der Waals surface area contributed by atoms with Gasteiger partial charge in [-0.1, -0.05) is 20.3 Å². The van der Waals surface area contributed by atoms with E-state index in [2.05, 4.69) is 19.2 Å². The second-order valence-corrected chi connectivity index (χ2v) is 5.99. The molecular weight excluding hydrogens is 194 g/mol. The van der Waals surface area contributed by atoms with Crippen LogP contribution in [0.25, 0.3) is 0 Å². The van der Waals surface area contributed by atoms with E-state index in [9.17, 15) is 4.79 Å². The third kappa shape index (κ3) is 8.57. The SMILES string of the molecule is CNCSC(C)(C)CCCCC(C)=O. The van der Waals surface area contributed by atoms with Crippen molar-refractivity contribution in [3.63, 3.8) is 0 Å². The first-order valence-electron chi connectivity index (χ1n) is 5.26. The van der Waals surface area contributed by atoms with Crippen LogP contribution in [0, 0.1) is 0 Å². The summed E-state index contributed by atoms with van der Waals surface area (Å²) in [6.45, 7) is 6.20. The molecule has 0 bridgehead atoms. The lowest BCUT2D eigenvalue weighted by Crippen LogP contribution is -2.19. The molecule has 0 fully saturated rings. The van der Waals surface area contributed by atoms with Crippen molar-refractivity contribution >= 4 is 17.5 Å². The van der Waals surface area contributed by atoms with Gasteiger partial charge in [-0.3, -0.25) is 0 Å². The first kappa shape index (κ1) is 14.0. The molecule has 14 heavy (non-hydrogen) atoms. The molecule has 0 saturated heterocycles. The molecule has 0 saturated carbocycles. The van der Waals surface area contributed by atoms with Crippen LogP contribution in [-0.4, -0.2) is 23.5 Å². The Morgan fingerprint density at radius 1 is 1.36 bits per heavy atom. The number of unbranched alkanes of at least 4 members (excludes halogenated alkanes) is 1. The van der Waals surface area contributed by atoms with E-state index >= 15 is 0 Å². The van der Waals surface area contributed by atoms with Crippen molar-refractivity contribution in [1.82, 2.24) is 5.32 Å². The van der Waals surface area contributed by atoms with Gasteiger partial charge in [0, 0.05) is 17.0 Å². The zero-order chi connectivity index (χ0) is 11.0. The average molecular weight is 217 g/mol. The topological polar surface area (TPSA) is 29.1 Å². The number of hydrogen-bond acceptors (Lipinski definition) is 3. The van der Waals surface area contributed by atoms with E-state index in [0.29, 0.717) is 10.5 Å². The van der Waals surface area contributed by atoms with Crippen LogP contribution in [0.4, 0.5) is 0 Å². The highest BCUT2D eigenvalue weighted by Gasteiger charge is 2.16. The second kappa shape index (κ2) is 7.30. The molecule has 2 nitrogen and oxygen atoms in total. The van der Waals surface area contributed by atoms with E-state index in [-0.39, 0.29) is 0 Å². The van der Waals surface area contributed by atoms with Crippen LogP contribution in [0.15, 0.2) is 0 Å². The number of ketones is 1. The first-order valence-corrected chi connectivity index (χ1v) is 6.24. The number of carbonyl (C=O) groups excluding carboxylic acids is 1. The molecule has 1 N–H and O–H groups in total. The molecule has 0 heterocycles. The molecular formula is C11H23NOS. The fourth-order valence-electron chi connectivity index (χ4n) is 1.26. The Bertz CT molecular complexity index is 169. The maximum Gasteiger partial charge on any atom is 0.129 e. The van der Waals surface area contributed by atoms with E-state index in [4.69, 9.17) is 0 Å². The van der Waals surface area contributed by atoms with Crippen LogP contribution < -0.4 is 5.32 Å². The predicted octanol–water partition coefficient (Wildman–Crippen LogP) is 2.82. The molecule has 0 aromatic carbocycles. The highest BCUT2D eigenvalue weighted by Crippen LogP contribution is 2.29. The average Bonchev–Trinajstić information content (AvgIpc) is 2.09. The van der Waals surface area contributed by atoms with Gasteiger partial charge in [-0.25, -0.2) is 0 Å². The summed E-state index contributed by atoms with van der Waals surface area (Å²) >= 11 is 1.94. The van der Waals surface area contributed by atoms with Gasteiger partial charge in [0.15, 0.2) is 0 Å². The van der Waals surface area contributed by atoms with Gasteiger partial charge in [0.05, 0.1) is 0 Å². The third-order valence-electron chi connectivity index (χ3n) is 2.16. The smallest absolute Gasteiger partial charge is 0.129 e. The molecule has 0 atom stereocenters. The molecule has 0 aromatic rings. The van der Waals surface area contributed by atoms with Crippen LogP contribution in [0.3, 0.4) is 0 Å². The van der Waals surface area contributed by atoms with Crippen molar-refractivity contribution in [2.75, 3.05) is 12.9 Å². The van der Waals surface area contributed by atoms with Crippen molar-refractivity contribution in [3.05, 3.63) is 0 Å². The standard InChI is InChI=1S/C11H23NOS/c1-10(13)7-5-6-8-11(2,3)14-9-12-4/h12H,5-9H2,1-4H3. The minimum atomic E-state index is 0.311. The second-order valence-electron chi connectivity index (χ2n) is 4.31. The maximum absolute atomic E-state index is 10.7. The van der Waals surface area contributed by atoms with E-state index < -0.39 is 0 Å². The lowest BCUT2D eigenvalue weighted by molar-refractivity contribution is -0.117. The minimum Gasteiger partial charge on any atom is -0.311 e. The summed E-state index contributed by atoms with van der Waals surface area (Å²) in [6.07, 6.45) is 4.13. The van der Waals surface area contributed by atoms with Gasteiger partial charge in [0.2, 0.25) is 0 Å². The summed E-state index contributed by atoms with van der Waals surface area (Å²) in [7, 11) is 1.97. The van der Waals surface area contributed by atoms with E-state index in [1.807, 2.05) is 18.8 Å². The Labute approximate surface area is 92.2 Å². The molecule has 0 rings (SSSR count). The maximum atomic E-state index is 10.7. The lowest BCUT2D eigenvalue weighted by Gasteiger charge is -2.23. The van der Waals surface area contributed by atoms with Crippen molar-refractivity contribution in [2.24, 2.45) is 0 Å². The quantitative estimate of drug-likeness (QED) is 0.501. The van der Waals surface area contributed by atoms with Crippen LogP contribution in [0.5, 0.6) is 0 Å². The zero-order valence-corrected chi connectivity index (χ0v) is 10.7. The molecule has 0 aliphatic heterocycles. The molecule has 0 aliphatic carbocycles. The number of thioether (sulfide) groups is 1. The van der Waals surface area contributed by atoms with Crippen LogP contribution in [-0.2, 0) is 4.79 Å². The molecule has 0 radical (unpaired) electrons. The summed E-state index contributed by atoms with van der Waals surface area (Å²) in [6, 6.07) is 0. The van der Waals surface area contributed by atoms with E-state index in [1.165, 1.54) is 6.42 Å². The predicted molar refractivity (Wildman–Crippen MR) is 64.7 cm³/mol. The van der Waals surface area contributed by atoms with Crippen molar-refractivity contribution in [1.29, 1.82) is 0 Å². The summed E-state index contributed by atoms with van der Waals surface area (Å²) in [5.74, 6) is 1.31. The Morgan fingerprint density at radius 2 is 2.00 bits per heavy atom. The van der Waals surface area contributed by atoms with Crippen LogP contribution in [0.1, 0.15) is 46.5 Å². The lowest BCUT2D eigenvalue weighted by atomic mass is 10.0. The number of carbonyl (C=O) groups is 1. The Morgan fingerprint density at radius 3 is 2.50 bits per heavy atom. The van der Waals surface area contributed by atoms with Gasteiger partial charge in [-0.15, -0.1) is 11.8 Å². The fourth-order valence-corrected chi connectivity index (χ4v) is 2.09. The molecule has 0 unspecified atom stereocenters. The highest BCUT2D eigenvalue weighted by atomic mass is 32.2. The summed E-state index contributed by atoms with van der Waals surface area (Å²) in [5.41, 5.74) is 0. The van der Waals surface area contributed by atoms with Crippen molar-refractivity contribution < 1.29 is 4.79 Å². The van der Waals surface area contributed by atoms with Crippen molar-refractivity contribution in [3.8, 4) is 0 Å². The summed E-state index contributed by atoms with van der Waals surface area (Å²) < 4.78 is 0.333. The molecule has 0 aromatic heterocycles. The normalized spacial score (nSPS) is 11.7. The molecule has 0 spiro atoms. The number of nitrogens with one attached hydrogen (secondary N) is 1. The minimum absolute atomic E-state index is 0.311. The molecule has 3 heteroatoms. The fraction of sp³-hybridized carbons (Fsp3) is 0.909. The monoisotopic (exact) mass is 217 g/mol. The van der Waals surface area contributed by atoms with Crippen LogP contribution >= 0.6 is 11.8 Å². The molecule has 0 amide bonds. The van der Waals surface area contributed by atoms with E-state index in [1.54, 1.807) is 6.92 Å². The molecule has 0 aliphatic rings. The molecule has 84 valence electrons. The Balaban J connectivity index is 3.49. The largest absolute Gasteiger partial charge is 0.311 e. The zero-order valence-electron chi connectivity index (χ0n) is 9.85. The van der Waals surface area contributed by atoms with E-state index in [0.717, 1.165) is 25.1 Å². The summed E-state index contributed by atoms with van der Waals surface area (Å²) in [4.78, 5) is 10.7. The Hall–Kier alpha value is -0.0200. The first-order chi connectivity index (χ1) is 6.48. The Kier molecular flexibility index (Phi) is 7.28. The van der Waals surface area contributed by atoms with Gasteiger partial charge in [0.25, 0.3) is 0 Å². The summed E-state index contributed by atoms with van der Waals surface area (Å²) in [5, 5.41) is 3.14. The van der Waals surface area contributed by atoms with Gasteiger partial charge in [-0.2, -0.15) is 0 Å².